The van der Waals surface area contributed by atoms with Crippen molar-refractivity contribution in [3.8, 4) is 0 Å². The van der Waals surface area contributed by atoms with Gasteiger partial charge in [-0.25, -0.2) is 0 Å². The normalized spacial score (nSPS) is 25.4. The molecule has 0 saturated heterocycles. The standard InChI is InChI=1S/C11H19N3S/c1-8-12-13-10(15)14(8)9-5-4-6-11(2,3)7-9/h9H,4-7H2,1-3H3,(H,13,15). The Hall–Kier alpha value is -0.640. The van der Waals surface area contributed by atoms with Gasteiger partial charge in [0.05, 0.1) is 0 Å². The van der Waals surface area contributed by atoms with Gasteiger partial charge >= 0.3 is 0 Å². The highest BCUT2D eigenvalue weighted by molar-refractivity contribution is 7.71. The number of nitrogens with zero attached hydrogens (tertiary/aromatic N) is 2. The maximum absolute atomic E-state index is 5.27. The molecule has 1 atom stereocenters. The first-order valence-corrected chi connectivity index (χ1v) is 6.04. The summed E-state index contributed by atoms with van der Waals surface area (Å²) in [5, 5.41) is 7.06. The van der Waals surface area contributed by atoms with Crippen LogP contribution in [0.1, 0.15) is 51.4 Å². The van der Waals surface area contributed by atoms with Crippen molar-refractivity contribution < 1.29 is 0 Å². The summed E-state index contributed by atoms with van der Waals surface area (Å²) in [6.45, 7) is 6.71. The predicted octanol–water partition coefficient (Wildman–Crippen LogP) is 3.39. The van der Waals surface area contributed by atoms with Gasteiger partial charge < -0.3 is 4.57 Å². The van der Waals surface area contributed by atoms with Crippen molar-refractivity contribution in [2.24, 2.45) is 5.41 Å². The van der Waals surface area contributed by atoms with Crippen molar-refractivity contribution >= 4 is 12.2 Å². The summed E-state index contributed by atoms with van der Waals surface area (Å²) in [5.41, 5.74) is 0.446. The molecule has 1 aromatic heterocycles. The second kappa shape index (κ2) is 3.74. The smallest absolute Gasteiger partial charge is 0.195 e. The number of hydrogen-bond acceptors (Lipinski definition) is 2. The minimum absolute atomic E-state index is 0.446. The lowest BCUT2D eigenvalue weighted by Gasteiger charge is -2.35. The van der Waals surface area contributed by atoms with Crippen LogP contribution >= 0.6 is 12.2 Å². The van der Waals surface area contributed by atoms with Gasteiger partial charge in [-0.15, -0.1) is 0 Å². The van der Waals surface area contributed by atoms with Crippen LogP contribution in [0.5, 0.6) is 0 Å². The average Bonchev–Trinajstić information content (AvgIpc) is 2.44. The first-order valence-electron chi connectivity index (χ1n) is 5.63. The van der Waals surface area contributed by atoms with Gasteiger partial charge in [-0.05, 0) is 43.8 Å². The summed E-state index contributed by atoms with van der Waals surface area (Å²) < 4.78 is 2.96. The van der Waals surface area contributed by atoms with Crippen LogP contribution < -0.4 is 0 Å². The molecule has 1 heterocycles. The predicted molar refractivity (Wildman–Crippen MR) is 63.4 cm³/mol. The molecule has 1 unspecified atom stereocenters. The Labute approximate surface area is 95.9 Å². The number of aromatic amines is 1. The zero-order chi connectivity index (χ0) is 11.1. The highest BCUT2D eigenvalue weighted by atomic mass is 32.1. The van der Waals surface area contributed by atoms with E-state index in [1.807, 2.05) is 6.92 Å². The van der Waals surface area contributed by atoms with E-state index in [9.17, 15) is 0 Å². The highest BCUT2D eigenvalue weighted by Gasteiger charge is 2.29. The highest BCUT2D eigenvalue weighted by Crippen LogP contribution is 2.41. The fraction of sp³-hybridized carbons (Fsp3) is 0.818. The van der Waals surface area contributed by atoms with Crippen molar-refractivity contribution in [3.63, 3.8) is 0 Å². The van der Waals surface area contributed by atoms with E-state index < -0.39 is 0 Å². The Bertz CT molecular complexity index is 402. The van der Waals surface area contributed by atoms with Crippen molar-refractivity contribution in [2.45, 2.75) is 52.5 Å². The average molecular weight is 225 g/mol. The Morgan fingerprint density at radius 1 is 1.53 bits per heavy atom. The third kappa shape index (κ3) is 2.14. The van der Waals surface area contributed by atoms with Crippen LogP contribution in [-0.2, 0) is 0 Å². The molecule has 1 fully saturated rings. The van der Waals surface area contributed by atoms with Crippen molar-refractivity contribution in [3.05, 3.63) is 10.6 Å². The van der Waals surface area contributed by atoms with E-state index in [1.54, 1.807) is 0 Å². The molecule has 15 heavy (non-hydrogen) atoms. The van der Waals surface area contributed by atoms with Crippen LogP contribution in [0, 0.1) is 17.1 Å². The van der Waals surface area contributed by atoms with Crippen LogP contribution in [-0.4, -0.2) is 14.8 Å². The first kappa shape index (κ1) is 10.9. The summed E-state index contributed by atoms with van der Waals surface area (Å²) >= 11 is 5.27. The van der Waals surface area contributed by atoms with Crippen molar-refractivity contribution in [2.75, 3.05) is 0 Å². The van der Waals surface area contributed by atoms with E-state index in [0.717, 1.165) is 10.6 Å². The Morgan fingerprint density at radius 3 is 2.80 bits per heavy atom. The van der Waals surface area contributed by atoms with Crippen LogP contribution in [0.2, 0.25) is 0 Å². The van der Waals surface area contributed by atoms with Gasteiger partial charge in [0.25, 0.3) is 0 Å². The van der Waals surface area contributed by atoms with Gasteiger partial charge in [0.2, 0.25) is 0 Å². The van der Waals surface area contributed by atoms with E-state index in [0.29, 0.717) is 11.5 Å². The van der Waals surface area contributed by atoms with E-state index in [2.05, 4.69) is 28.6 Å². The summed E-state index contributed by atoms with van der Waals surface area (Å²) in [7, 11) is 0. The third-order valence-corrected chi connectivity index (χ3v) is 3.71. The molecule has 1 N–H and O–H groups in total. The number of nitrogens with one attached hydrogen (secondary N) is 1. The number of hydrogen-bond donors (Lipinski definition) is 1. The largest absolute Gasteiger partial charge is 0.301 e. The summed E-state index contributed by atoms with van der Waals surface area (Å²) in [6.07, 6.45) is 5.07. The molecule has 1 saturated carbocycles. The van der Waals surface area contributed by atoms with Crippen LogP contribution in [0.25, 0.3) is 0 Å². The molecule has 84 valence electrons. The van der Waals surface area contributed by atoms with Crippen LogP contribution in [0.3, 0.4) is 0 Å². The topological polar surface area (TPSA) is 33.6 Å². The number of aromatic nitrogens is 3. The summed E-state index contributed by atoms with van der Waals surface area (Å²) in [4.78, 5) is 0. The van der Waals surface area contributed by atoms with Gasteiger partial charge in [-0.3, -0.25) is 5.10 Å². The van der Waals surface area contributed by atoms with E-state index in [1.165, 1.54) is 25.7 Å². The van der Waals surface area contributed by atoms with Crippen LogP contribution in [0.15, 0.2) is 0 Å². The van der Waals surface area contributed by atoms with Crippen molar-refractivity contribution in [1.29, 1.82) is 0 Å². The zero-order valence-corrected chi connectivity index (χ0v) is 10.5. The zero-order valence-electron chi connectivity index (χ0n) is 9.71. The fourth-order valence-corrected chi connectivity index (χ4v) is 3.02. The molecule has 0 amide bonds. The molecule has 0 spiro atoms. The molecule has 1 aromatic rings. The lowest BCUT2D eigenvalue weighted by atomic mass is 9.75. The van der Waals surface area contributed by atoms with Gasteiger partial charge in [0.15, 0.2) is 4.77 Å². The minimum Gasteiger partial charge on any atom is -0.301 e. The molecule has 2 rings (SSSR count). The van der Waals surface area contributed by atoms with Gasteiger partial charge in [0.1, 0.15) is 5.82 Å². The first-order chi connectivity index (χ1) is 6.99. The second-order valence-corrected chi connectivity index (χ2v) is 5.75. The molecular weight excluding hydrogens is 206 g/mol. The maximum atomic E-state index is 5.27. The molecule has 0 radical (unpaired) electrons. The summed E-state index contributed by atoms with van der Waals surface area (Å²) in [6, 6.07) is 0.542. The third-order valence-electron chi connectivity index (χ3n) is 3.43. The molecule has 0 aromatic carbocycles. The van der Waals surface area contributed by atoms with Crippen molar-refractivity contribution in [1.82, 2.24) is 14.8 Å². The van der Waals surface area contributed by atoms with Gasteiger partial charge in [-0.2, -0.15) is 5.10 Å². The SMILES string of the molecule is Cc1n[nH]c(=S)n1C1CCCC(C)(C)C1. The lowest BCUT2D eigenvalue weighted by molar-refractivity contribution is 0.180. The molecule has 4 heteroatoms. The Kier molecular flexibility index (Phi) is 2.71. The van der Waals surface area contributed by atoms with Gasteiger partial charge in [-0.1, -0.05) is 20.3 Å². The number of aryl methyl sites for hydroxylation is 1. The lowest BCUT2D eigenvalue weighted by Crippen LogP contribution is -2.25. The molecule has 3 nitrogen and oxygen atoms in total. The quantitative estimate of drug-likeness (QED) is 0.743. The van der Waals surface area contributed by atoms with E-state index in [4.69, 9.17) is 12.2 Å². The maximum Gasteiger partial charge on any atom is 0.195 e. The molecular formula is C11H19N3S. The minimum atomic E-state index is 0.446. The molecule has 0 aliphatic heterocycles. The second-order valence-electron chi connectivity index (χ2n) is 5.36. The van der Waals surface area contributed by atoms with E-state index in [-0.39, 0.29) is 0 Å². The molecule has 1 aliphatic carbocycles. The number of H-pyrrole nitrogens is 1. The molecule has 1 aliphatic rings. The van der Waals surface area contributed by atoms with Gasteiger partial charge in [0, 0.05) is 6.04 Å². The number of rotatable bonds is 1. The fourth-order valence-electron chi connectivity index (χ4n) is 2.69. The Morgan fingerprint density at radius 2 is 2.27 bits per heavy atom. The monoisotopic (exact) mass is 225 g/mol. The van der Waals surface area contributed by atoms with E-state index >= 15 is 0 Å². The summed E-state index contributed by atoms with van der Waals surface area (Å²) in [5.74, 6) is 1.02. The Balaban J connectivity index is 2.28. The molecule has 0 bridgehead atoms. The van der Waals surface area contributed by atoms with Crippen LogP contribution in [0.4, 0.5) is 0 Å².